The molecule has 26 heavy (non-hydrogen) atoms. The molecule has 144 valence electrons. The van der Waals surface area contributed by atoms with Crippen molar-refractivity contribution < 1.29 is 22.7 Å². The van der Waals surface area contributed by atoms with E-state index >= 15 is 0 Å². The molecule has 1 aliphatic heterocycles. The Balaban J connectivity index is 2.20. The number of hydrogen-bond donors (Lipinski definition) is 1. The first-order valence-corrected chi connectivity index (χ1v) is 10.2. The van der Waals surface area contributed by atoms with E-state index in [1.807, 2.05) is 0 Å². The van der Waals surface area contributed by atoms with Crippen molar-refractivity contribution in [2.75, 3.05) is 30.8 Å². The average molecular weight is 383 g/mol. The number of carbonyl (C=O) groups excluding carboxylic acids is 2. The monoisotopic (exact) mass is 383 g/mol. The number of carbonyl (C=O) groups is 2. The van der Waals surface area contributed by atoms with Crippen molar-refractivity contribution in [2.24, 2.45) is 11.7 Å². The van der Waals surface area contributed by atoms with Crippen molar-refractivity contribution in [1.29, 1.82) is 0 Å². The van der Waals surface area contributed by atoms with Crippen LogP contribution in [0.5, 0.6) is 5.75 Å². The van der Waals surface area contributed by atoms with Gasteiger partial charge in [-0.1, -0.05) is 0 Å². The molecule has 1 atom stereocenters. The van der Waals surface area contributed by atoms with Crippen LogP contribution in [-0.2, 0) is 19.6 Å². The van der Waals surface area contributed by atoms with Crippen LogP contribution in [0.25, 0.3) is 0 Å². The first-order valence-electron chi connectivity index (χ1n) is 8.36. The van der Waals surface area contributed by atoms with Crippen molar-refractivity contribution in [1.82, 2.24) is 4.90 Å². The Morgan fingerprint density at radius 3 is 2.19 bits per heavy atom. The molecule has 8 nitrogen and oxygen atoms in total. The van der Waals surface area contributed by atoms with Crippen molar-refractivity contribution in [3.63, 3.8) is 0 Å². The fraction of sp³-hybridized carbons (Fsp3) is 0.529. The van der Waals surface area contributed by atoms with Crippen LogP contribution in [0, 0.1) is 5.92 Å². The molecule has 1 fully saturated rings. The van der Waals surface area contributed by atoms with E-state index in [0.717, 1.165) is 10.6 Å². The number of piperidine rings is 1. The quantitative estimate of drug-likeness (QED) is 0.772. The molecular weight excluding hydrogens is 358 g/mol. The van der Waals surface area contributed by atoms with Gasteiger partial charge in [0.25, 0.3) is 0 Å². The lowest BCUT2D eigenvalue weighted by Gasteiger charge is -2.36. The van der Waals surface area contributed by atoms with Crippen molar-refractivity contribution in [2.45, 2.75) is 25.8 Å². The van der Waals surface area contributed by atoms with E-state index in [2.05, 4.69) is 0 Å². The number of anilines is 1. The number of nitrogens with zero attached hydrogens (tertiary/aromatic N) is 2. The van der Waals surface area contributed by atoms with Gasteiger partial charge in [-0.05, 0) is 44.0 Å². The van der Waals surface area contributed by atoms with Crippen LogP contribution in [0.4, 0.5) is 5.69 Å². The SMILES string of the molecule is COc1ccc(N(C(C)C(=O)N2CCC(C(N)=O)CC2)S(C)(=O)=O)cc1. The van der Waals surface area contributed by atoms with Crippen molar-refractivity contribution >= 4 is 27.5 Å². The second kappa shape index (κ2) is 7.94. The Morgan fingerprint density at radius 2 is 1.77 bits per heavy atom. The summed E-state index contributed by atoms with van der Waals surface area (Å²) < 4.78 is 30.8. The number of methoxy groups -OCH3 is 1. The van der Waals surface area contributed by atoms with Crippen molar-refractivity contribution in [3.05, 3.63) is 24.3 Å². The number of likely N-dealkylation sites (tertiary alicyclic amines) is 1. The zero-order chi connectivity index (χ0) is 19.5. The second-order valence-electron chi connectivity index (χ2n) is 6.43. The zero-order valence-corrected chi connectivity index (χ0v) is 16.0. The Morgan fingerprint density at radius 1 is 1.23 bits per heavy atom. The summed E-state index contributed by atoms with van der Waals surface area (Å²) >= 11 is 0. The van der Waals surface area contributed by atoms with Gasteiger partial charge in [0.1, 0.15) is 11.8 Å². The van der Waals surface area contributed by atoms with Crippen molar-refractivity contribution in [3.8, 4) is 5.75 Å². The number of benzene rings is 1. The minimum atomic E-state index is -3.67. The smallest absolute Gasteiger partial charge is 0.246 e. The maximum Gasteiger partial charge on any atom is 0.246 e. The molecule has 2 amide bonds. The van der Waals surface area contributed by atoms with Gasteiger partial charge in [0.15, 0.2) is 0 Å². The third-order valence-corrected chi connectivity index (χ3v) is 5.84. The van der Waals surface area contributed by atoms with Gasteiger partial charge in [-0.15, -0.1) is 0 Å². The highest BCUT2D eigenvalue weighted by Crippen LogP contribution is 2.25. The van der Waals surface area contributed by atoms with Crippen LogP contribution < -0.4 is 14.8 Å². The third-order valence-electron chi connectivity index (χ3n) is 4.60. The molecule has 0 spiro atoms. The fourth-order valence-corrected chi connectivity index (χ4v) is 4.35. The fourth-order valence-electron chi connectivity index (χ4n) is 3.18. The topological polar surface area (TPSA) is 110 Å². The van der Waals surface area contributed by atoms with Gasteiger partial charge in [-0.25, -0.2) is 8.42 Å². The molecule has 9 heteroatoms. The molecular formula is C17H25N3O5S. The minimum absolute atomic E-state index is 0.234. The van der Waals surface area contributed by atoms with Crippen LogP contribution in [0.1, 0.15) is 19.8 Å². The normalized spacial score (nSPS) is 16.8. The molecule has 2 N–H and O–H groups in total. The molecule has 1 heterocycles. The average Bonchev–Trinajstić information content (AvgIpc) is 2.60. The molecule has 0 saturated carbocycles. The van der Waals surface area contributed by atoms with Crippen LogP contribution in [0.15, 0.2) is 24.3 Å². The van der Waals surface area contributed by atoms with Gasteiger partial charge in [-0.3, -0.25) is 13.9 Å². The second-order valence-corrected chi connectivity index (χ2v) is 8.29. The van der Waals surface area contributed by atoms with Gasteiger partial charge in [0, 0.05) is 19.0 Å². The molecule has 0 radical (unpaired) electrons. The molecule has 1 aromatic carbocycles. The van der Waals surface area contributed by atoms with Crippen LogP contribution >= 0.6 is 0 Å². The number of sulfonamides is 1. The summed E-state index contributed by atoms with van der Waals surface area (Å²) in [6.45, 7) is 2.34. The zero-order valence-electron chi connectivity index (χ0n) is 15.2. The number of hydrogen-bond acceptors (Lipinski definition) is 5. The maximum absolute atomic E-state index is 12.8. The molecule has 1 aliphatic rings. The van der Waals surface area contributed by atoms with E-state index in [1.165, 1.54) is 7.11 Å². The molecule has 0 aromatic heterocycles. The molecule has 2 rings (SSSR count). The first kappa shape index (κ1) is 20.0. The van der Waals surface area contributed by atoms with Gasteiger partial charge < -0.3 is 15.4 Å². The highest BCUT2D eigenvalue weighted by molar-refractivity contribution is 7.92. The summed E-state index contributed by atoms with van der Waals surface area (Å²) in [5.41, 5.74) is 5.70. The van der Waals surface area contributed by atoms with E-state index in [4.69, 9.17) is 10.5 Å². The minimum Gasteiger partial charge on any atom is -0.497 e. The summed E-state index contributed by atoms with van der Waals surface area (Å²) in [5, 5.41) is 0. The standard InChI is InChI=1S/C17H25N3O5S/c1-12(17(22)19-10-8-13(9-11-19)16(18)21)20(26(3,23)24)14-4-6-15(25-2)7-5-14/h4-7,12-13H,8-11H2,1-3H3,(H2,18,21). The van der Waals surface area contributed by atoms with Gasteiger partial charge in [0.2, 0.25) is 21.8 Å². The molecule has 1 saturated heterocycles. The lowest BCUT2D eigenvalue weighted by Crippen LogP contribution is -2.52. The van der Waals surface area contributed by atoms with E-state index in [1.54, 1.807) is 36.1 Å². The molecule has 0 bridgehead atoms. The van der Waals surface area contributed by atoms with E-state index in [-0.39, 0.29) is 17.7 Å². The summed E-state index contributed by atoms with van der Waals surface area (Å²) in [7, 11) is -2.15. The predicted octanol–water partition coefficient (Wildman–Crippen LogP) is 0.574. The predicted molar refractivity (Wildman–Crippen MR) is 98.3 cm³/mol. The number of amides is 2. The number of nitrogens with two attached hydrogens (primary N) is 1. The van der Waals surface area contributed by atoms with Gasteiger partial charge in [0.05, 0.1) is 19.1 Å². The summed E-state index contributed by atoms with van der Waals surface area (Å²) in [5.74, 6) is -0.299. The first-order chi connectivity index (χ1) is 12.1. The Hall–Kier alpha value is -2.29. The van der Waals surface area contributed by atoms with E-state index < -0.39 is 16.1 Å². The Labute approximate surface area is 153 Å². The number of primary amides is 1. The summed E-state index contributed by atoms with van der Waals surface area (Å²) in [4.78, 5) is 25.7. The lowest BCUT2D eigenvalue weighted by atomic mass is 9.96. The Kier molecular flexibility index (Phi) is 6.12. The van der Waals surface area contributed by atoms with E-state index in [0.29, 0.717) is 37.4 Å². The largest absolute Gasteiger partial charge is 0.497 e. The summed E-state index contributed by atoms with van der Waals surface area (Å²) in [6, 6.07) is 5.58. The number of ether oxygens (including phenoxy) is 1. The van der Waals surface area contributed by atoms with Gasteiger partial charge in [-0.2, -0.15) is 0 Å². The number of rotatable bonds is 6. The third kappa shape index (κ3) is 4.46. The molecule has 1 unspecified atom stereocenters. The Bertz CT molecular complexity index is 755. The maximum atomic E-state index is 12.8. The highest BCUT2D eigenvalue weighted by atomic mass is 32.2. The molecule has 0 aliphatic carbocycles. The molecule has 1 aromatic rings. The highest BCUT2D eigenvalue weighted by Gasteiger charge is 2.34. The van der Waals surface area contributed by atoms with Gasteiger partial charge >= 0.3 is 0 Å². The van der Waals surface area contributed by atoms with Crippen LogP contribution in [0.2, 0.25) is 0 Å². The lowest BCUT2D eigenvalue weighted by molar-refractivity contribution is -0.135. The summed E-state index contributed by atoms with van der Waals surface area (Å²) in [6.07, 6.45) is 2.06. The van der Waals surface area contributed by atoms with E-state index in [9.17, 15) is 18.0 Å². The van der Waals surface area contributed by atoms with Crippen LogP contribution in [0.3, 0.4) is 0 Å². The van der Waals surface area contributed by atoms with Crippen LogP contribution in [-0.4, -0.2) is 57.6 Å².